The molecule has 0 bridgehead atoms. The minimum absolute atomic E-state index is 0.101. The first kappa shape index (κ1) is 21.2. The van der Waals surface area contributed by atoms with Gasteiger partial charge in [0, 0.05) is 23.7 Å². The van der Waals surface area contributed by atoms with E-state index in [1.807, 2.05) is 13.0 Å². The average molecular weight is 434 g/mol. The van der Waals surface area contributed by atoms with E-state index in [9.17, 15) is 13.6 Å². The maximum atomic E-state index is 14.5. The molecule has 1 N–H and O–H groups in total. The van der Waals surface area contributed by atoms with Gasteiger partial charge in [0.15, 0.2) is 11.6 Å². The van der Waals surface area contributed by atoms with Gasteiger partial charge in [-0.15, -0.1) is 0 Å². The van der Waals surface area contributed by atoms with Crippen LogP contribution in [0.4, 0.5) is 8.78 Å². The Hall–Kier alpha value is -4.00. The van der Waals surface area contributed by atoms with Crippen molar-refractivity contribution in [3.8, 4) is 17.2 Å². The second-order valence-electron chi connectivity index (χ2n) is 7.21. The van der Waals surface area contributed by atoms with Gasteiger partial charge in [0.25, 0.3) is 5.91 Å². The molecule has 4 rings (SSSR count). The van der Waals surface area contributed by atoms with Gasteiger partial charge >= 0.3 is 0 Å². The molecule has 5 nitrogen and oxygen atoms in total. The van der Waals surface area contributed by atoms with Crippen molar-refractivity contribution >= 4 is 16.8 Å². The van der Waals surface area contributed by atoms with Crippen LogP contribution in [0.15, 0.2) is 66.9 Å². The molecule has 7 heteroatoms. The van der Waals surface area contributed by atoms with Gasteiger partial charge in [0.2, 0.25) is 0 Å². The van der Waals surface area contributed by atoms with E-state index in [1.165, 1.54) is 30.3 Å². The minimum atomic E-state index is -0.615. The molecule has 32 heavy (non-hydrogen) atoms. The van der Waals surface area contributed by atoms with Crippen LogP contribution >= 0.6 is 0 Å². The highest BCUT2D eigenvalue weighted by Crippen LogP contribution is 2.34. The van der Waals surface area contributed by atoms with Crippen molar-refractivity contribution in [1.82, 2.24) is 10.3 Å². The number of aromatic nitrogens is 1. The van der Waals surface area contributed by atoms with Crippen LogP contribution in [0.1, 0.15) is 21.5 Å². The molecule has 4 aromatic rings. The number of amides is 1. The number of halogens is 2. The summed E-state index contributed by atoms with van der Waals surface area (Å²) in [5, 5.41) is 3.34. The lowest BCUT2D eigenvalue weighted by Crippen LogP contribution is -2.22. The van der Waals surface area contributed by atoms with Crippen LogP contribution in [-0.2, 0) is 6.54 Å². The molecule has 0 unspecified atom stereocenters. The molecule has 0 saturated heterocycles. The smallest absolute Gasteiger partial charge is 0.251 e. The second-order valence-corrected chi connectivity index (χ2v) is 7.21. The quantitative estimate of drug-likeness (QED) is 0.432. The van der Waals surface area contributed by atoms with Crippen LogP contribution in [0.5, 0.6) is 17.2 Å². The molecule has 0 atom stereocenters. The Morgan fingerprint density at radius 2 is 1.84 bits per heavy atom. The molecule has 0 fully saturated rings. The fourth-order valence-electron chi connectivity index (χ4n) is 3.33. The standard InChI is InChI=1S/C25H20F2N2O3/c1-15-10-21-19(13-23(15)31-2)22(8-9-28-21)32-24-12-17(6-7-20(24)27)25(30)29-14-16-4-3-5-18(26)11-16/h3-13H,14H2,1-2H3,(H,29,30). The van der Waals surface area contributed by atoms with E-state index >= 15 is 0 Å². The monoisotopic (exact) mass is 434 g/mol. The van der Waals surface area contributed by atoms with Crippen LogP contribution < -0.4 is 14.8 Å². The van der Waals surface area contributed by atoms with Crippen molar-refractivity contribution in [2.75, 3.05) is 7.11 Å². The van der Waals surface area contributed by atoms with Gasteiger partial charge in [0.05, 0.1) is 12.6 Å². The zero-order valence-corrected chi connectivity index (χ0v) is 17.5. The lowest BCUT2D eigenvalue weighted by atomic mass is 10.1. The predicted molar refractivity (Wildman–Crippen MR) is 117 cm³/mol. The van der Waals surface area contributed by atoms with Crippen LogP contribution in [0.3, 0.4) is 0 Å². The summed E-state index contributed by atoms with van der Waals surface area (Å²) in [6.07, 6.45) is 1.57. The average Bonchev–Trinajstić information content (AvgIpc) is 2.78. The molecule has 3 aromatic carbocycles. The van der Waals surface area contributed by atoms with Gasteiger partial charge in [-0.25, -0.2) is 8.78 Å². The first-order valence-electron chi connectivity index (χ1n) is 9.88. The minimum Gasteiger partial charge on any atom is -0.496 e. The number of nitrogens with zero attached hydrogens (tertiary/aromatic N) is 1. The third-order valence-corrected chi connectivity index (χ3v) is 4.97. The number of rotatable bonds is 6. The fourth-order valence-corrected chi connectivity index (χ4v) is 3.33. The molecule has 1 amide bonds. The van der Waals surface area contributed by atoms with Crippen molar-refractivity contribution in [3.05, 3.63) is 95.2 Å². The zero-order chi connectivity index (χ0) is 22.7. The largest absolute Gasteiger partial charge is 0.496 e. The summed E-state index contributed by atoms with van der Waals surface area (Å²) in [5.74, 6) is -0.501. The summed E-state index contributed by atoms with van der Waals surface area (Å²) < 4.78 is 39.0. The highest BCUT2D eigenvalue weighted by atomic mass is 19.1. The SMILES string of the molecule is COc1cc2c(Oc3cc(C(=O)NCc4cccc(F)c4)ccc3F)ccnc2cc1C. The summed E-state index contributed by atoms with van der Waals surface area (Å²) in [7, 11) is 1.57. The first-order valence-corrected chi connectivity index (χ1v) is 9.88. The van der Waals surface area contributed by atoms with Crippen LogP contribution in [0, 0.1) is 18.6 Å². The third-order valence-electron chi connectivity index (χ3n) is 4.97. The third kappa shape index (κ3) is 4.51. The highest BCUT2D eigenvalue weighted by Gasteiger charge is 2.14. The lowest BCUT2D eigenvalue weighted by molar-refractivity contribution is 0.0950. The summed E-state index contributed by atoms with van der Waals surface area (Å²) in [6.45, 7) is 2.04. The number of methoxy groups -OCH3 is 1. The van der Waals surface area contributed by atoms with E-state index in [-0.39, 0.29) is 23.7 Å². The van der Waals surface area contributed by atoms with Gasteiger partial charge in [-0.1, -0.05) is 12.1 Å². The molecule has 1 heterocycles. The molecule has 0 aliphatic carbocycles. The van der Waals surface area contributed by atoms with Crippen LogP contribution in [0.25, 0.3) is 10.9 Å². The molecule has 0 saturated carbocycles. The second kappa shape index (κ2) is 9.01. The highest BCUT2D eigenvalue weighted by molar-refractivity contribution is 5.94. The van der Waals surface area contributed by atoms with Gasteiger partial charge in [-0.2, -0.15) is 0 Å². The van der Waals surface area contributed by atoms with E-state index in [2.05, 4.69) is 10.3 Å². The number of ether oxygens (including phenoxy) is 2. The van der Waals surface area contributed by atoms with E-state index in [0.29, 0.717) is 28.0 Å². The number of carbonyl (C=O) groups excluding carboxylic acids is 1. The van der Waals surface area contributed by atoms with Crippen LogP contribution in [-0.4, -0.2) is 18.0 Å². The molecular weight excluding hydrogens is 414 g/mol. The molecule has 0 radical (unpaired) electrons. The molecule has 1 aromatic heterocycles. The topological polar surface area (TPSA) is 60.5 Å². The van der Waals surface area contributed by atoms with Gasteiger partial charge in [-0.3, -0.25) is 9.78 Å². The zero-order valence-electron chi connectivity index (χ0n) is 17.5. The van der Waals surface area contributed by atoms with E-state index in [4.69, 9.17) is 9.47 Å². The van der Waals surface area contributed by atoms with E-state index in [0.717, 1.165) is 5.56 Å². The number of fused-ring (bicyclic) bond motifs is 1. The van der Waals surface area contributed by atoms with Crippen molar-refractivity contribution in [2.24, 2.45) is 0 Å². The van der Waals surface area contributed by atoms with Crippen molar-refractivity contribution in [2.45, 2.75) is 13.5 Å². The summed E-state index contributed by atoms with van der Waals surface area (Å²) >= 11 is 0. The Morgan fingerprint density at radius 1 is 1.00 bits per heavy atom. The lowest BCUT2D eigenvalue weighted by Gasteiger charge is -2.13. The predicted octanol–water partition coefficient (Wildman–Crippen LogP) is 5.55. The van der Waals surface area contributed by atoms with E-state index in [1.54, 1.807) is 37.6 Å². The maximum Gasteiger partial charge on any atom is 0.251 e. The summed E-state index contributed by atoms with van der Waals surface area (Å²) in [4.78, 5) is 16.9. The molecule has 162 valence electrons. The number of hydrogen-bond acceptors (Lipinski definition) is 4. The Labute approximate surface area is 183 Å². The van der Waals surface area contributed by atoms with Crippen LogP contribution in [0.2, 0.25) is 0 Å². The Morgan fingerprint density at radius 3 is 2.62 bits per heavy atom. The number of nitrogens with one attached hydrogen (secondary N) is 1. The Balaban J connectivity index is 1.59. The van der Waals surface area contributed by atoms with Gasteiger partial charge in [-0.05, 0) is 66.6 Å². The number of pyridine rings is 1. The fraction of sp³-hybridized carbons (Fsp3) is 0.120. The van der Waals surface area contributed by atoms with Crippen molar-refractivity contribution in [1.29, 1.82) is 0 Å². The molecule has 0 spiro atoms. The summed E-state index contributed by atoms with van der Waals surface area (Å²) in [6, 6.07) is 15.0. The van der Waals surface area contributed by atoms with Gasteiger partial charge < -0.3 is 14.8 Å². The van der Waals surface area contributed by atoms with Gasteiger partial charge in [0.1, 0.15) is 17.3 Å². The number of benzene rings is 3. The van der Waals surface area contributed by atoms with Crippen molar-refractivity contribution in [3.63, 3.8) is 0 Å². The molecular formula is C25H20F2N2O3. The maximum absolute atomic E-state index is 14.5. The number of aryl methyl sites for hydroxylation is 1. The van der Waals surface area contributed by atoms with Crippen molar-refractivity contribution < 1.29 is 23.0 Å². The number of hydrogen-bond donors (Lipinski definition) is 1. The van der Waals surface area contributed by atoms with E-state index < -0.39 is 11.7 Å². The normalized spacial score (nSPS) is 10.8. The Bertz CT molecular complexity index is 1310. The molecule has 0 aliphatic heterocycles. The Kier molecular flexibility index (Phi) is 5.98. The molecule has 0 aliphatic rings. The first-order chi connectivity index (χ1) is 15.4. The summed E-state index contributed by atoms with van der Waals surface area (Å²) in [5.41, 5.74) is 2.41. The number of carbonyl (C=O) groups is 1.